The molecule has 2 fully saturated rings. The summed E-state index contributed by atoms with van der Waals surface area (Å²) in [6, 6.07) is 33.6. The number of aromatic hydroxyl groups is 1. The molecular weight excluding hydrogens is 941 g/mol. The molecule has 0 saturated carbocycles. The first-order valence-corrected chi connectivity index (χ1v) is 26.5. The predicted molar refractivity (Wildman–Crippen MR) is 293 cm³/mol. The van der Waals surface area contributed by atoms with Crippen LogP contribution >= 0.6 is 0 Å². The van der Waals surface area contributed by atoms with Crippen molar-refractivity contribution in [3.63, 3.8) is 0 Å². The van der Waals surface area contributed by atoms with Gasteiger partial charge in [0.2, 0.25) is 5.91 Å². The van der Waals surface area contributed by atoms with Crippen LogP contribution in [-0.2, 0) is 56.0 Å². The van der Waals surface area contributed by atoms with Crippen molar-refractivity contribution in [1.29, 1.82) is 5.26 Å². The van der Waals surface area contributed by atoms with E-state index in [1.165, 1.54) is 30.4 Å². The lowest BCUT2D eigenvalue weighted by molar-refractivity contribution is -0.131. The normalized spacial score (nSPS) is 16.5. The Labute approximate surface area is 442 Å². The third-order valence-electron chi connectivity index (χ3n) is 16.0. The van der Waals surface area contributed by atoms with Gasteiger partial charge in [0.1, 0.15) is 29.9 Å². The summed E-state index contributed by atoms with van der Waals surface area (Å²) in [5.74, 6) is 1.74. The number of carbonyl (C=O) groups is 3. The van der Waals surface area contributed by atoms with E-state index in [2.05, 4.69) is 64.2 Å². The van der Waals surface area contributed by atoms with Crippen LogP contribution in [0.1, 0.15) is 84.9 Å². The molecule has 75 heavy (non-hydrogen) atoms. The van der Waals surface area contributed by atoms with Gasteiger partial charge in [0.05, 0.1) is 25.3 Å². The minimum atomic E-state index is 0.00110. The summed E-state index contributed by atoms with van der Waals surface area (Å²) in [5.41, 5.74) is 13.0. The molecule has 392 valence electrons. The maximum absolute atomic E-state index is 15.2. The van der Waals surface area contributed by atoms with Crippen molar-refractivity contribution >= 4 is 29.5 Å². The van der Waals surface area contributed by atoms with E-state index < -0.39 is 0 Å². The number of aromatic nitrogens is 2. The van der Waals surface area contributed by atoms with Crippen molar-refractivity contribution in [2.45, 2.75) is 71.5 Å². The topological polar surface area (TPSA) is 140 Å². The van der Waals surface area contributed by atoms with Gasteiger partial charge >= 0.3 is 0 Å². The van der Waals surface area contributed by atoms with Gasteiger partial charge < -0.3 is 48.2 Å². The molecule has 4 aliphatic rings. The van der Waals surface area contributed by atoms with Crippen LogP contribution in [0.3, 0.4) is 0 Å². The molecular formula is C61H72N8O6. The number of rotatable bonds is 15. The molecule has 6 aromatic rings. The largest absolute Gasteiger partial charge is 0.508 e. The summed E-state index contributed by atoms with van der Waals surface area (Å²) in [6.07, 6.45) is 6.36. The molecule has 2 aromatic heterocycles. The first kappa shape index (κ1) is 52.7. The Morgan fingerprint density at radius 3 is 2.24 bits per heavy atom. The molecule has 4 aromatic carbocycles. The number of phenolic OH excluding ortho intramolecular Hbond substituents is 1. The quantitative estimate of drug-likeness (QED) is 0.0996. The van der Waals surface area contributed by atoms with E-state index in [0.717, 1.165) is 115 Å². The number of carbonyl (C=O) groups excluding carboxylic acids is 3. The Morgan fingerprint density at radius 2 is 1.57 bits per heavy atom. The molecule has 0 aliphatic carbocycles. The number of aldehydes is 1. The number of anilines is 2. The van der Waals surface area contributed by atoms with Crippen molar-refractivity contribution in [2.75, 3.05) is 78.1 Å². The number of hydrogen-bond donors (Lipinski definition) is 1. The third kappa shape index (κ3) is 12.0. The molecule has 14 heteroatoms. The highest BCUT2D eigenvalue weighted by atomic mass is 16.5. The number of piperidine rings is 1. The summed E-state index contributed by atoms with van der Waals surface area (Å²) in [7, 11) is 7.90. The molecule has 2 amide bonds. The van der Waals surface area contributed by atoms with Crippen molar-refractivity contribution in [3.8, 4) is 28.8 Å². The lowest BCUT2D eigenvalue weighted by Crippen LogP contribution is -2.51. The molecule has 14 nitrogen and oxygen atoms in total. The Kier molecular flexibility index (Phi) is 16.6. The Hall–Kier alpha value is -7.18. The van der Waals surface area contributed by atoms with Gasteiger partial charge in [-0.2, -0.15) is 5.26 Å². The number of nitrogens with zero attached hydrogens (tertiary/aromatic N) is 8. The van der Waals surface area contributed by atoms with E-state index in [4.69, 9.17) is 14.7 Å². The van der Waals surface area contributed by atoms with Gasteiger partial charge in [0.25, 0.3) is 5.91 Å². The van der Waals surface area contributed by atoms with Crippen molar-refractivity contribution < 1.29 is 29.0 Å². The summed E-state index contributed by atoms with van der Waals surface area (Å²) in [4.78, 5) is 51.9. The molecule has 1 atom stereocenters. The van der Waals surface area contributed by atoms with E-state index in [1.54, 1.807) is 12.1 Å². The number of ether oxygens (including phenoxy) is 2. The van der Waals surface area contributed by atoms with Crippen LogP contribution in [0.4, 0.5) is 11.4 Å². The summed E-state index contributed by atoms with van der Waals surface area (Å²) in [5, 5.41) is 18.3. The van der Waals surface area contributed by atoms with E-state index in [0.29, 0.717) is 61.8 Å². The van der Waals surface area contributed by atoms with E-state index in [-0.39, 0.29) is 23.6 Å². The van der Waals surface area contributed by atoms with E-state index >= 15 is 4.79 Å². The molecule has 0 bridgehead atoms. The highest BCUT2D eigenvalue weighted by Gasteiger charge is 2.35. The van der Waals surface area contributed by atoms with Crippen molar-refractivity contribution in [2.24, 2.45) is 20.0 Å². The molecule has 0 spiro atoms. The first-order chi connectivity index (χ1) is 36.3. The van der Waals surface area contributed by atoms with Crippen LogP contribution in [0.15, 0.2) is 97.1 Å². The van der Waals surface area contributed by atoms with Gasteiger partial charge in [-0.25, -0.2) is 0 Å². The average Bonchev–Trinajstić information content (AvgIpc) is 3.88. The second-order valence-electron chi connectivity index (χ2n) is 21.0. The van der Waals surface area contributed by atoms with Gasteiger partial charge in [-0.1, -0.05) is 42.8 Å². The summed E-state index contributed by atoms with van der Waals surface area (Å²) < 4.78 is 15.2. The molecule has 6 heterocycles. The van der Waals surface area contributed by atoms with E-state index in [9.17, 15) is 14.7 Å². The number of hydrogen-bond acceptors (Lipinski definition) is 10. The molecule has 1 N–H and O–H groups in total. The number of likely N-dealkylation sites (N-methyl/N-ethyl adjacent to an activating group) is 1. The maximum Gasteiger partial charge on any atom is 0.255 e. The smallest absolute Gasteiger partial charge is 0.255 e. The van der Waals surface area contributed by atoms with Gasteiger partial charge in [0.15, 0.2) is 6.29 Å². The minimum absolute atomic E-state index is 0.00110. The Bertz CT molecular complexity index is 3030. The second-order valence-corrected chi connectivity index (χ2v) is 21.0. The lowest BCUT2D eigenvalue weighted by atomic mass is 9.89. The molecule has 2 saturated heterocycles. The van der Waals surface area contributed by atoms with Crippen LogP contribution < -0.4 is 9.64 Å². The Balaban J connectivity index is 0.000000323. The SMILES string of the molecule is Cc1c(C=O)cc(-c2cc3c(cc2C(=O)N2Cc4ccccc4CC2CN2CCCCC2)CN(C(=O)Cc2ccc(OCCN(C)CC4COC4)cc2)CC3)n1C.Cc1c(N(C)c2ccc(O)cc2)cc(C#N)n1C. The van der Waals surface area contributed by atoms with Crippen LogP contribution in [0, 0.1) is 31.1 Å². The fourth-order valence-electron chi connectivity index (χ4n) is 11.1. The summed E-state index contributed by atoms with van der Waals surface area (Å²) in [6.45, 7) is 12.7. The maximum atomic E-state index is 15.2. The number of nitriles is 1. The van der Waals surface area contributed by atoms with Crippen LogP contribution in [0.5, 0.6) is 11.5 Å². The molecule has 0 radical (unpaired) electrons. The summed E-state index contributed by atoms with van der Waals surface area (Å²) >= 11 is 0. The molecule has 4 aliphatic heterocycles. The van der Waals surface area contributed by atoms with Gasteiger partial charge in [-0.3, -0.25) is 14.4 Å². The van der Waals surface area contributed by atoms with E-state index in [1.807, 2.05) is 102 Å². The average molecular weight is 1010 g/mol. The number of fused-ring (bicyclic) bond motifs is 2. The number of benzene rings is 4. The second kappa shape index (κ2) is 23.6. The zero-order valence-corrected chi connectivity index (χ0v) is 44.6. The third-order valence-corrected chi connectivity index (χ3v) is 16.0. The minimum Gasteiger partial charge on any atom is -0.508 e. The number of likely N-dealkylation sites (tertiary alicyclic amines) is 1. The highest BCUT2D eigenvalue weighted by molar-refractivity contribution is 6.02. The van der Waals surface area contributed by atoms with Crippen LogP contribution in [0.25, 0.3) is 11.3 Å². The number of amides is 2. The van der Waals surface area contributed by atoms with Crippen molar-refractivity contribution in [3.05, 3.63) is 153 Å². The molecule has 1 unspecified atom stereocenters. The van der Waals surface area contributed by atoms with Gasteiger partial charge in [0, 0.05) is 112 Å². The number of phenols is 1. The zero-order chi connectivity index (χ0) is 52.8. The van der Waals surface area contributed by atoms with Crippen molar-refractivity contribution in [1.82, 2.24) is 28.7 Å². The fraction of sp³-hybridized carbons (Fsp3) is 0.410. The standard InChI is InChI=1S/C47H57N5O5.C14H15N3O/c1-33-40(30-53)25-45(49(33)3)43-23-37-15-18-51(46(54)21-34-11-13-42(14-12-34)57-20-19-48(2)26-35-31-56-32-35)27-39(37)24-44(43)47(55)52-28-38-10-6-5-9-36(38)22-41(52)29-50-16-7-4-8-17-50;1-10-14(8-12(9-15)16(10)2)17(3)11-4-6-13(18)7-5-11/h5-6,9-14,23-25,30,35,41H,4,7-8,15-22,26-29,31-32H2,1-3H3;4-8,18H,1-3H3. The monoisotopic (exact) mass is 1010 g/mol. The fourth-order valence-corrected chi connectivity index (χ4v) is 11.1. The van der Waals surface area contributed by atoms with Crippen LogP contribution in [-0.4, -0.2) is 131 Å². The lowest BCUT2D eigenvalue weighted by Gasteiger charge is -2.41. The molecule has 10 rings (SSSR count). The highest BCUT2D eigenvalue weighted by Crippen LogP contribution is 2.36. The first-order valence-electron chi connectivity index (χ1n) is 26.5. The zero-order valence-electron chi connectivity index (χ0n) is 44.6. The van der Waals surface area contributed by atoms with Gasteiger partial charge in [-0.05, 0) is 148 Å². The van der Waals surface area contributed by atoms with Crippen LogP contribution in [0.2, 0.25) is 0 Å². The van der Waals surface area contributed by atoms with Gasteiger partial charge in [-0.15, -0.1) is 0 Å². The Morgan fingerprint density at radius 1 is 0.840 bits per heavy atom. The predicted octanol–water partition coefficient (Wildman–Crippen LogP) is 8.63.